The summed E-state index contributed by atoms with van der Waals surface area (Å²) in [5.74, 6) is -1.04. The summed E-state index contributed by atoms with van der Waals surface area (Å²) in [5.41, 5.74) is 7.15. The van der Waals surface area contributed by atoms with Crippen LogP contribution >= 0.6 is 0 Å². The molecular weight excluding hydrogens is 415 g/mol. The van der Waals surface area contributed by atoms with E-state index >= 15 is 0 Å². The number of carbonyl (C=O) groups is 2. The summed E-state index contributed by atoms with van der Waals surface area (Å²) < 4.78 is 33.4. The number of benzene rings is 3. The molecule has 3 aromatic carbocycles. The van der Waals surface area contributed by atoms with Gasteiger partial charge in [-0.1, -0.05) is 36.4 Å². The first-order chi connectivity index (χ1) is 13.7. The Bertz CT molecular complexity index is 1320. The molecule has 0 unspecified atom stereocenters. The van der Waals surface area contributed by atoms with E-state index in [0.717, 1.165) is 11.6 Å². The number of hydrogen-bond acceptors (Lipinski definition) is 6. The maximum absolute atomic E-state index is 13.2. The Kier molecular flexibility index (Phi) is 5.90. The molecule has 0 aromatic heterocycles. The Morgan fingerprint density at radius 2 is 1.50 bits per heavy atom. The summed E-state index contributed by atoms with van der Waals surface area (Å²) >= 11 is 0. The molecule has 0 saturated heterocycles. The molecule has 0 spiro atoms. The quantitative estimate of drug-likeness (QED) is 0.258. The van der Waals surface area contributed by atoms with Crippen molar-refractivity contribution in [1.29, 1.82) is 0 Å². The molecule has 148 valence electrons. The first-order valence-corrected chi connectivity index (χ1v) is 10.1. The number of aryl methyl sites for hydroxylation is 1. The number of nitrogen functional groups attached to an aromatic ring is 1. The standard InChI is InChI=1S/C21H16N2O5S.Na.H/c1-11-5-4-6-12(9-11)23-15-10-16(29(26,27)28)19(22)18-17(15)20(24)13-7-2-3-8-14(13)21(18)25;;/h2-10,23H,22H2,1H3,(H,26,27,28);;. The normalized spacial score (nSPS) is 12.6. The first-order valence-electron chi connectivity index (χ1n) is 8.64. The van der Waals surface area contributed by atoms with E-state index in [2.05, 4.69) is 5.32 Å². The average Bonchev–Trinajstić information content (AvgIpc) is 2.66. The van der Waals surface area contributed by atoms with Crippen molar-refractivity contribution < 1.29 is 22.6 Å². The zero-order valence-corrected chi connectivity index (χ0v) is 16.1. The predicted octanol–water partition coefficient (Wildman–Crippen LogP) is 2.69. The molecule has 9 heteroatoms. The first kappa shape index (κ1) is 22.2. The molecule has 0 bridgehead atoms. The Morgan fingerprint density at radius 1 is 0.900 bits per heavy atom. The van der Waals surface area contributed by atoms with Crippen molar-refractivity contribution >= 4 is 68.3 Å². The van der Waals surface area contributed by atoms with Gasteiger partial charge in [0, 0.05) is 16.8 Å². The van der Waals surface area contributed by atoms with Crippen LogP contribution in [-0.2, 0) is 10.1 Å². The Hall–Kier alpha value is -2.49. The van der Waals surface area contributed by atoms with Gasteiger partial charge in [0.25, 0.3) is 10.1 Å². The number of fused-ring (bicyclic) bond motifs is 2. The molecule has 4 N–H and O–H groups in total. The van der Waals surface area contributed by atoms with Gasteiger partial charge < -0.3 is 11.1 Å². The van der Waals surface area contributed by atoms with Gasteiger partial charge >= 0.3 is 29.6 Å². The number of anilines is 3. The average molecular weight is 432 g/mol. The zero-order valence-electron chi connectivity index (χ0n) is 15.3. The van der Waals surface area contributed by atoms with Gasteiger partial charge in [0.15, 0.2) is 11.6 Å². The summed E-state index contributed by atoms with van der Waals surface area (Å²) in [4.78, 5) is 25.6. The van der Waals surface area contributed by atoms with E-state index in [0.29, 0.717) is 5.69 Å². The molecular formula is C21H17N2NaO5S. The van der Waals surface area contributed by atoms with Crippen molar-refractivity contribution in [3.63, 3.8) is 0 Å². The summed E-state index contributed by atoms with van der Waals surface area (Å²) in [7, 11) is -4.74. The van der Waals surface area contributed by atoms with E-state index in [-0.39, 0.29) is 57.5 Å². The fourth-order valence-electron chi connectivity index (χ4n) is 3.48. The number of nitrogens with one attached hydrogen (secondary N) is 1. The molecule has 0 fully saturated rings. The van der Waals surface area contributed by atoms with E-state index in [4.69, 9.17) is 5.73 Å². The van der Waals surface area contributed by atoms with Crippen LogP contribution in [0.3, 0.4) is 0 Å². The zero-order chi connectivity index (χ0) is 20.9. The van der Waals surface area contributed by atoms with Crippen LogP contribution in [0, 0.1) is 6.92 Å². The summed E-state index contributed by atoms with van der Waals surface area (Å²) in [6, 6.07) is 14.5. The fraction of sp³-hybridized carbons (Fsp3) is 0.0476. The molecule has 0 heterocycles. The van der Waals surface area contributed by atoms with Crippen LogP contribution in [0.4, 0.5) is 17.1 Å². The van der Waals surface area contributed by atoms with Gasteiger partial charge in [0.1, 0.15) is 4.90 Å². The SMILES string of the molecule is Cc1cccc(Nc2cc(S(=O)(=O)O)c(N)c3c2C(=O)c2ccccc2C3=O)c1.[NaH]. The maximum atomic E-state index is 13.2. The molecule has 4 rings (SSSR count). The van der Waals surface area contributed by atoms with Crippen LogP contribution in [0.5, 0.6) is 0 Å². The van der Waals surface area contributed by atoms with Crippen LogP contribution in [0.25, 0.3) is 0 Å². The molecule has 0 radical (unpaired) electrons. The second-order valence-corrected chi connectivity index (χ2v) is 8.15. The van der Waals surface area contributed by atoms with Crippen molar-refractivity contribution in [3.05, 3.63) is 82.4 Å². The van der Waals surface area contributed by atoms with Gasteiger partial charge in [0.2, 0.25) is 0 Å². The Balaban J connectivity index is 0.00000256. The van der Waals surface area contributed by atoms with Crippen LogP contribution in [-0.4, -0.2) is 54.1 Å². The van der Waals surface area contributed by atoms with Gasteiger partial charge in [-0.2, -0.15) is 8.42 Å². The summed E-state index contributed by atoms with van der Waals surface area (Å²) in [6.07, 6.45) is 0. The molecule has 30 heavy (non-hydrogen) atoms. The van der Waals surface area contributed by atoms with Gasteiger partial charge in [-0.15, -0.1) is 0 Å². The molecule has 1 aliphatic carbocycles. The van der Waals surface area contributed by atoms with Gasteiger partial charge in [0.05, 0.1) is 22.5 Å². The predicted molar refractivity (Wildman–Crippen MR) is 116 cm³/mol. The monoisotopic (exact) mass is 432 g/mol. The molecule has 0 aliphatic heterocycles. The van der Waals surface area contributed by atoms with Gasteiger partial charge in [-0.25, -0.2) is 0 Å². The third-order valence-electron chi connectivity index (χ3n) is 4.77. The number of carbonyl (C=O) groups excluding carboxylic acids is 2. The minimum atomic E-state index is -4.74. The van der Waals surface area contributed by atoms with Crippen molar-refractivity contribution in [2.75, 3.05) is 11.1 Å². The van der Waals surface area contributed by atoms with Crippen molar-refractivity contribution in [2.45, 2.75) is 11.8 Å². The summed E-state index contributed by atoms with van der Waals surface area (Å²) in [5, 5.41) is 2.99. The number of nitrogens with two attached hydrogens (primary N) is 1. The van der Waals surface area contributed by atoms with Crippen LogP contribution in [0.15, 0.2) is 59.5 Å². The van der Waals surface area contributed by atoms with Crippen molar-refractivity contribution in [2.24, 2.45) is 0 Å². The van der Waals surface area contributed by atoms with Crippen LogP contribution in [0.1, 0.15) is 37.4 Å². The third kappa shape index (κ3) is 3.68. The van der Waals surface area contributed by atoms with E-state index in [1.807, 2.05) is 13.0 Å². The Labute approximate surface area is 195 Å². The second-order valence-electron chi connectivity index (χ2n) is 6.76. The molecule has 0 amide bonds. The van der Waals surface area contributed by atoms with Crippen LogP contribution in [0.2, 0.25) is 0 Å². The number of ketones is 2. The van der Waals surface area contributed by atoms with E-state index in [1.165, 1.54) is 12.1 Å². The second kappa shape index (κ2) is 7.98. The van der Waals surface area contributed by atoms with Gasteiger partial charge in [-0.05, 0) is 30.7 Å². The molecule has 0 atom stereocenters. The van der Waals surface area contributed by atoms with E-state index in [9.17, 15) is 22.6 Å². The molecule has 7 nitrogen and oxygen atoms in total. The third-order valence-corrected chi connectivity index (χ3v) is 5.67. The fourth-order valence-corrected chi connectivity index (χ4v) is 4.13. The molecule has 3 aromatic rings. The van der Waals surface area contributed by atoms with E-state index < -0.39 is 32.3 Å². The topological polar surface area (TPSA) is 127 Å². The van der Waals surface area contributed by atoms with Gasteiger partial charge in [-0.3, -0.25) is 14.1 Å². The van der Waals surface area contributed by atoms with Crippen LogP contribution < -0.4 is 11.1 Å². The molecule has 1 aliphatic rings. The number of rotatable bonds is 3. The van der Waals surface area contributed by atoms with Crippen molar-refractivity contribution in [1.82, 2.24) is 0 Å². The Morgan fingerprint density at radius 3 is 2.07 bits per heavy atom. The van der Waals surface area contributed by atoms with Crippen molar-refractivity contribution in [3.8, 4) is 0 Å². The minimum absolute atomic E-state index is 0. The molecule has 0 saturated carbocycles. The van der Waals surface area contributed by atoms with E-state index in [1.54, 1.807) is 30.3 Å². The number of hydrogen-bond donors (Lipinski definition) is 3. The summed E-state index contributed by atoms with van der Waals surface area (Å²) in [6.45, 7) is 1.87.